The zero-order chi connectivity index (χ0) is 19.2. The van der Waals surface area contributed by atoms with Gasteiger partial charge in [-0.15, -0.1) is 0 Å². The number of amides is 1. The average molecular weight is 384 g/mol. The summed E-state index contributed by atoms with van der Waals surface area (Å²) in [5.74, 6) is 0.745. The maximum Gasteiger partial charge on any atom is 0.225 e. The summed E-state index contributed by atoms with van der Waals surface area (Å²) in [6, 6.07) is 11.6. The Balaban J connectivity index is 1.85. The zero-order valence-electron chi connectivity index (χ0n) is 16.0. The molecule has 3 rings (SSSR count). The quantitative estimate of drug-likeness (QED) is 0.466. The first-order valence-corrected chi connectivity index (χ1v) is 10.0. The second-order valence-corrected chi connectivity index (χ2v) is 7.40. The molecule has 0 aliphatic rings. The van der Waals surface area contributed by atoms with Gasteiger partial charge in [0.05, 0.1) is 0 Å². The number of imidazole rings is 1. The minimum absolute atomic E-state index is 0.0316. The van der Waals surface area contributed by atoms with Crippen molar-refractivity contribution in [3.63, 3.8) is 0 Å². The smallest absolute Gasteiger partial charge is 0.225 e. The molecule has 2 heterocycles. The number of halogens is 1. The predicted octanol–water partition coefficient (Wildman–Crippen LogP) is 6.26. The molecule has 142 valence electrons. The number of pyridine rings is 1. The van der Waals surface area contributed by atoms with E-state index in [0.717, 1.165) is 35.3 Å². The largest absolute Gasteiger partial charge is 0.310 e. The third-order valence-corrected chi connectivity index (χ3v) is 4.92. The number of fused-ring (bicyclic) bond motifs is 1. The van der Waals surface area contributed by atoms with Crippen LogP contribution in [0.15, 0.2) is 42.6 Å². The van der Waals surface area contributed by atoms with Crippen molar-refractivity contribution in [1.29, 1.82) is 0 Å². The van der Waals surface area contributed by atoms with E-state index in [-0.39, 0.29) is 5.91 Å². The number of anilines is 1. The lowest BCUT2D eigenvalue weighted by molar-refractivity contribution is -0.116. The highest BCUT2D eigenvalue weighted by Crippen LogP contribution is 2.30. The molecule has 0 saturated carbocycles. The molecular weight excluding hydrogens is 358 g/mol. The number of carbonyl (C=O) groups excluding carboxylic acids is 1. The van der Waals surface area contributed by atoms with E-state index in [9.17, 15) is 4.79 Å². The summed E-state index contributed by atoms with van der Waals surface area (Å²) < 4.78 is 1.94. The number of hydrogen-bond acceptors (Lipinski definition) is 2. The first-order valence-electron chi connectivity index (χ1n) is 9.63. The van der Waals surface area contributed by atoms with E-state index in [1.165, 1.54) is 19.3 Å². The van der Waals surface area contributed by atoms with Crippen molar-refractivity contribution in [2.75, 3.05) is 5.32 Å². The van der Waals surface area contributed by atoms with Crippen molar-refractivity contribution in [2.45, 2.75) is 52.4 Å². The van der Waals surface area contributed by atoms with Gasteiger partial charge in [0.1, 0.15) is 17.2 Å². The second kappa shape index (κ2) is 9.05. The van der Waals surface area contributed by atoms with Gasteiger partial charge < -0.3 is 5.32 Å². The molecule has 0 saturated heterocycles. The summed E-state index contributed by atoms with van der Waals surface area (Å²) in [5, 5.41) is 3.76. The molecule has 0 radical (unpaired) electrons. The lowest BCUT2D eigenvalue weighted by Gasteiger charge is -2.08. The van der Waals surface area contributed by atoms with E-state index in [2.05, 4.69) is 12.2 Å². The Morgan fingerprint density at radius 3 is 2.59 bits per heavy atom. The summed E-state index contributed by atoms with van der Waals surface area (Å²) >= 11 is 6.02. The molecule has 0 spiro atoms. The number of aryl methyl sites for hydroxylation is 1. The Kier molecular flexibility index (Phi) is 6.51. The SMILES string of the molecule is CCCCCCCC(=O)Nc1c(-c2ccc(Cl)cc2)nc2cc(C)ccn12. The number of nitrogens with one attached hydrogen (secondary N) is 1. The molecule has 3 aromatic rings. The van der Waals surface area contributed by atoms with Gasteiger partial charge in [-0.05, 0) is 43.2 Å². The molecule has 1 N–H and O–H groups in total. The van der Waals surface area contributed by atoms with E-state index >= 15 is 0 Å². The van der Waals surface area contributed by atoms with E-state index in [1.807, 2.05) is 53.9 Å². The topological polar surface area (TPSA) is 46.4 Å². The van der Waals surface area contributed by atoms with Crippen molar-refractivity contribution >= 4 is 29.0 Å². The van der Waals surface area contributed by atoms with Crippen LogP contribution in [0.2, 0.25) is 5.02 Å². The van der Waals surface area contributed by atoms with Gasteiger partial charge in [0.25, 0.3) is 0 Å². The fourth-order valence-electron chi connectivity index (χ4n) is 3.16. The van der Waals surface area contributed by atoms with Crippen LogP contribution in [0.25, 0.3) is 16.9 Å². The molecule has 0 aliphatic carbocycles. The van der Waals surface area contributed by atoms with Crippen molar-refractivity contribution in [1.82, 2.24) is 9.38 Å². The highest BCUT2D eigenvalue weighted by Gasteiger charge is 2.16. The van der Waals surface area contributed by atoms with Crippen LogP contribution >= 0.6 is 11.6 Å². The molecule has 0 unspecified atom stereocenters. The number of carbonyl (C=O) groups is 1. The van der Waals surface area contributed by atoms with E-state index in [1.54, 1.807) is 0 Å². The van der Waals surface area contributed by atoms with Crippen molar-refractivity contribution in [2.24, 2.45) is 0 Å². The highest BCUT2D eigenvalue weighted by atomic mass is 35.5. The Morgan fingerprint density at radius 1 is 1.11 bits per heavy atom. The third kappa shape index (κ3) is 4.89. The van der Waals surface area contributed by atoms with Gasteiger partial charge in [0.15, 0.2) is 0 Å². The highest BCUT2D eigenvalue weighted by molar-refractivity contribution is 6.30. The van der Waals surface area contributed by atoms with Crippen LogP contribution in [-0.2, 0) is 4.79 Å². The van der Waals surface area contributed by atoms with E-state index in [4.69, 9.17) is 16.6 Å². The van der Waals surface area contributed by atoms with Gasteiger partial charge in [-0.2, -0.15) is 0 Å². The number of nitrogens with zero attached hydrogens (tertiary/aromatic N) is 2. The number of aromatic nitrogens is 2. The number of unbranched alkanes of at least 4 members (excludes halogenated alkanes) is 4. The molecule has 0 aliphatic heterocycles. The van der Waals surface area contributed by atoms with Crippen molar-refractivity contribution in [3.05, 3.63) is 53.2 Å². The normalized spacial score (nSPS) is 11.1. The Hall–Kier alpha value is -2.33. The lowest BCUT2D eigenvalue weighted by atomic mass is 10.1. The minimum Gasteiger partial charge on any atom is -0.310 e. The summed E-state index contributed by atoms with van der Waals surface area (Å²) in [5.41, 5.74) is 3.64. The van der Waals surface area contributed by atoms with Crippen LogP contribution in [0, 0.1) is 6.92 Å². The maximum atomic E-state index is 12.5. The summed E-state index contributed by atoms with van der Waals surface area (Å²) in [6.45, 7) is 4.22. The fourth-order valence-corrected chi connectivity index (χ4v) is 3.28. The van der Waals surface area contributed by atoms with Crippen LogP contribution < -0.4 is 5.32 Å². The number of rotatable bonds is 8. The first kappa shape index (κ1) is 19.4. The Morgan fingerprint density at radius 2 is 1.85 bits per heavy atom. The summed E-state index contributed by atoms with van der Waals surface area (Å²) in [6.07, 6.45) is 8.12. The summed E-state index contributed by atoms with van der Waals surface area (Å²) in [7, 11) is 0. The fraction of sp³-hybridized carbons (Fsp3) is 0.364. The molecule has 1 aromatic carbocycles. The van der Waals surface area contributed by atoms with Gasteiger partial charge in [-0.3, -0.25) is 9.20 Å². The van der Waals surface area contributed by atoms with Crippen LogP contribution in [0.4, 0.5) is 5.82 Å². The van der Waals surface area contributed by atoms with E-state index in [0.29, 0.717) is 17.3 Å². The molecule has 0 bridgehead atoms. The maximum absolute atomic E-state index is 12.5. The van der Waals surface area contributed by atoms with Crippen LogP contribution in [0.1, 0.15) is 51.0 Å². The van der Waals surface area contributed by atoms with Gasteiger partial charge in [-0.1, -0.05) is 56.3 Å². The van der Waals surface area contributed by atoms with Crippen LogP contribution in [-0.4, -0.2) is 15.3 Å². The molecule has 5 heteroatoms. The van der Waals surface area contributed by atoms with Gasteiger partial charge >= 0.3 is 0 Å². The molecule has 1 amide bonds. The molecular formula is C22H26ClN3O. The number of benzene rings is 1. The molecule has 4 nitrogen and oxygen atoms in total. The average Bonchev–Trinajstić information content (AvgIpc) is 2.99. The van der Waals surface area contributed by atoms with Gasteiger partial charge in [-0.25, -0.2) is 4.98 Å². The Bertz CT molecular complexity index is 915. The van der Waals surface area contributed by atoms with Gasteiger partial charge in [0.2, 0.25) is 5.91 Å². The monoisotopic (exact) mass is 383 g/mol. The molecule has 2 aromatic heterocycles. The Labute approximate surface area is 165 Å². The van der Waals surface area contributed by atoms with E-state index < -0.39 is 0 Å². The molecule has 0 fully saturated rings. The first-order chi connectivity index (χ1) is 13.1. The van der Waals surface area contributed by atoms with Crippen molar-refractivity contribution in [3.8, 4) is 11.3 Å². The van der Waals surface area contributed by atoms with Crippen LogP contribution in [0.3, 0.4) is 0 Å². The third-order valence-electron chi connectivity index (χ3n) is 4.66. The molecule has 27 heavy (non-hydrogen) atoms. The second-order valence-electron chi connectivity index (χ2n) is 6.96. The van der Waals surface area contributed by atoms with Gasteiger partial charge in [0, 0.05) is 23.2 Å². The molecule has 0 atom stereocenters. The minimum atomic E-state index is 0.0316. The lowest BCUT2D eigenvalue weighted by Crippen LogP contribution is -2.13. The predicted molar refractivity (Wildman–Crippen MR) is 112 cm³/mol. The van der Waals surface area contributed by atoms with Crippen molar-refractivity contribution < 1.29 is 4.79 Å². The summed E-state index contributed by atoms with van der Waals surface area (Å²) in [4.78, 5) is 17.3. The van der Waals surface area contributed by atoms with Crippen LogP contribution in [0.5, 0.6) is 0 Å². The number of hydrogen-bond donors (Lipinski definition) is 1. The zero-order valence-corrected chi connectivity index (χ0v) is 16.7. The standard InChI is InChI=1S/C22H26ClN3O/c1-3-4-5-6-7-8-20(27)25-22-21(17-9-11-18(23)12-10-17)24-19-15-16(2)13-14-26(19)22/h9-15H,3-8H2,1-2H3,(H,25,27).